The molecular formula is C25H25ClFN3O5S. The van der Waals surface area contributed by atoms with Gasteiger partial charge in [0.2, 0.25) is 10.0 Å². The Kier molecular flexibility index (Phi) is 9.03. The molecule has 0 saturated heterocycles. The van der Waals surface area contributed by atoms with Crippen LogP contribution in [0, 0.1) is 12.7 Å². The molecule has 0 aliphatic rings. The Morgan fingerprint density at radius 1 is 1.11 bits per heavy atom. The molecule has 0 saturated carbocycles. The molecule has 3 aromatic rings. The fraction of sp³-hybridized carbons (Fsp3) is 0.200. The molecule has 0 spiro atoms. The standard InChI is InChI=1S/C25H25ClFN3O5S/c1-17-7-11-20(12-8-17)36(32,33)30(15-21-22(26)5-4-6-23(21)27)16-25(31)29-28-14-18-9-10-19(34-2)13-24(18)35-3/h4-14H,15-16H2,1-3H3,(H,29,31)/b28-14-. The number of halogens is 2. The predicted octanol–water partition coefficient (Wildman–Crippen LogP) is 4.15. The van der Waals surface area contributed by atoms with E-state index < -0.39 is 34.8 Å². The summed E-state index contributed by atoms with van der Waals surface area (Å²) in [6.07, 6.45) is 1.35. The topological polar surface area (TPSA) is 97.3 Å². The quantitative estimate of drug-likeness (QED) is 0.312. The number of hydrazone groups is 1. The number of hydrogen-bond donors (Lipinski definition) is 1. The Hall–Kier alpha value is -3.47. The van der Waals surface area contributed by atoms with Crippen LogP contribution in [0.15, 0.2) is 70.7 Å². The lowest BCUT2D eigenvalue weighted by Crippen LogP contribution is -2.39. The second kappa shape index (κ2) is 12.0. The van der Waals surface area contributed by atoms with Gasteiger partial charge in [-0.15, -0.1) is 0 Å². The largest absolute Gasteiger partial charge is 0.497 e. The summed E-state index contributed by atoms with van der Waals surface area (Å²) in [7, 11) is -1.18. The molecule has 0 unspecified atom stereocenters. The van der Waals surface area contributed by atoms with Crippen LogP contribution >= 0.6 is 11.6 Å². The van der Waals surface area contributed by atoms with E-state index >= 15 is 0 Å². The number of amides is 1. The minimum absolute atomic E-state index is 0.0418. The smallest absolute Gasteiger partial charge is 0.255 e. The highest BCUT2D eigenvalue weighted by atomic mass is 35.5. The number of ether oxygens (including phenoxy) is 2. The van der Waals surface area contributed by atoms with E-state index in [0.717, 1.165) is 9.87 Å². The van der Waals surface area contributed by atoms with Gasteiger partial charge in [-0.3, -0.25) is 4.79 Å². The summed E-state index contributed by atoms with van der Waals surface area (Å²) in [5, 5.41) is 3.95. The second-order valence-electron chi connectivity index (χ2n) is 7.69. The predicted molar refractivity (Wildman–Crippen MR) is 135 cm³/mol. The van der Waals surface area contributed by atoms with Gasteiger partial charge >= 0.3 is 0 Å². The molecule has 190 valence electrons. The van der Waals surface area contributed by atoms with Gasteiger partial charge < -0.3 is 9.47 Å². The van der Waals surface area contributed by atoms with Crippen LogP contribution in [0.25, 0.3) is 0 Å². The summed E-state index contributed by atoms with van der Waals surface area (Å²) in [4.78, 5) is 12.6. The van der Waals surface area contributed by atoms with Crippen LogP contribution < -0.4 is 14.9 Å². The highest BCUT2D eigenvalue weighted by molar-refractivity contribution is 7.89. The third kappa shape index (κ3) is 6.60. The van der Waals surface area contributed by atoms with Crippen molar-refractivity contribution in [2.75, 3.05) is 20.8 Å². The summed E-state index contributed by atoms with van der Waals surface area (Å²) < 4.78 is 52.4. The molecule has 1 N–H and O–H groups in total. The van der Waals surface area contributed by atoms with Gasteiger partial charge in [-0.1, -0.05) is 35.4 Å². The summed E-state index contributed by atoms with van der Waals surface area (Å²) >= 11 is 6.12. The van der Waals surface area contributed by atoms with Gasteiger partial charge in [0.25, 0.3) is 5.91 Å². The summed E-state index contributed by atoms with van der Waals surface area (Å²) in [6, 6.07) is 15.2. The number of nitrogens with one attached hydrogen (secondary N) is 1. The molecule has 0 radical (unpaired) electrons. The molecule has 11 heteroatoms. The van der Waals surface area contributed by atoms with Crippen LogP contribution in [0.5, 0.6) is 11.5 Å². The van der Waals surface area contributed by atoms with Crippen molar-refractivity contribution in [2.24, 2.45) is 5.10 Å². The van der Waals surface area contributed by atoms with E-state index in [0.29, 0.717) is 17.1 Å². The molecule has 8 nitrogen and oxygen atoms in total. The lowest BCUT2D eigenvalue weighted by Gasteiger charge is -2.22. The molecule has 0 fully saturated rings. The first kappa shape index (κ1) is 27.1. The van der Waals surface area contributed by atoms with E-state index in [2.05, 4.69) is 10.5 Å². The Bertz CT molecular complexity index is 1340. The normalized spacial score (nSPS) is 11.6. The monoisotopic (exact) mass is 533 g/mol. The van der Waals surface area contributed by atoms with Crippen LogP contribution in [0.2, 0.25) is 5.02 Å². The zero-order valence-electron chi connectivity index (χ0n) is 19.9. The molecule has 0 aliphatic carbocycles. The van der Waals surface area contributed by atoms with Crippen molar-refractivity contribution in [1.29, 1.82) is 0 Å². The number of nitrogens with zero attached hydrogens (tertiary/aromatic N) is 2. The van der Waals surface area contributed by atoms with E-state index in [1.165, 1.54) is 50.8 Å². The highest BCUT2D eigenvalue weighted by Gasteiger charge is 2.28. The summed E-state index contributed by atoms with van der Waals surface area (Å²) in [5.74, 6) is -0.375. The van der Waals surface area contributed by atoms with Gasteiger partial charge in [0.15, 0.2) is 0 Å². The van der Waals surface area contributed by atoms with E-state index in [1.807, 2.05) is 6.92 Å². The maximum absolute atomic E-state index is 14.5. The number of carbonyl (C=O) groups is 1. The van der Waals surface area contributed by atoms with Crippen molar-refractivity contribution in [1.82, 2.24) is 9.73 Å². The van der Waals surface area contributed by atoms with Crippen molar-refractivity contribution >= 4 is 33.7 Å². The first-order valence-corrected chi connectivity index (χ1v) is 12.5. The number of rotatable bonds is 10. The van der Waals surface area contributed by atoms with Crippen LogP contribution in [0.3, 0.4) is 0 Å². The third-order valence-corrected chi connectivity index (χ3v) is 7.37. The van der Waals surface area contributed by atoms with Gasteiger partial charge in [0.05, 0.1) is 31.9 Å². The van der Waals surface area contributed by atoms with Crippen molar-refractivity contribution in [3.63, 3.8) is 0 Å². The third-order valence-electron chi connectivity index (χ3n) is 5.21. The molecule has 0 heterocycles. The van der Waals surface area contributed by atoms with Gasteiger partial charge in [0.1, 0.15) is 17.3 Å². The average molecular weight is 534 g/mol. The van der Waals surface area contributed by atoms with Crippen molar-refractivity contribution in [2.45, 2.75) is 18.4 Å². The Morgan fingerprint density at radius 2 is 1.83 bits per heavy atom. The van der Waals surface area contributed by atoms with Crippen molar-refractivity contribution in [3.8, 4) is 11.5 Å². The second-order valence-corrected chi connectivity index (χ2v) is 10.0. The highest BCUT2D eigenvalue weighted by Crippen LogP contribution is 2.25. The Labute approximate surface area is 214 Å². The zero-order valence-corrected chi connectivity index (χ0v) is 21.4. The lowest BCUT2D eigenvalue weighted by atomic mass is 10.2. The van der Waals surface area contributed by atoms with E-state index in [4.69, 9.17) is 21.1 Å². The zero-order chi connectivity index (χ0) is 26.3. The molecule has 3 aromatic carbocycles. The number of benzene rings is 3. The van der Waals surface area contributed by atoms with Gasteiger partial charge in [-0.05, 0) is 43.3 Å². The van der Waals surface area contributed by atoms with Crippen LogP contribution in [0.4, 0.5) is 4.39 Å². The first-order chi connectivity index (χ1) is 17.1. The molecule has 3 rings (SSSR count). The number of hydrogen-bond acceptors (Lipinski definition) is 6. The number of sulfonamides is 1. The molecule has 0 aromatic heterocycles. The summed E-state index contributed by atoms with van der Waals surface area (Å²) in [5.41, 5.74) is 3.67. The maximum atomic E-state index is 14.5. The molecule has 36 heavy (non-hydrogen) atoms. The summed E-state index contributed by atoms with van der Waals surface area (Å²) in [6.45, 7) is 0.736. The van der Waals surface area contributed by atoms with E-state index in [-0.39, 0.29) is 15.5 Å². The van der Waals surface area contributed by atoms with Crippen LogP contribution in [0.1, 0.15) is 16.7 Å². The number of carbonyl (C=O) groups excluding carboxylic acids is 1. The van der Waals surface area contributed by atoms with E-state index in [1.54, 1.807) is 30.3 Å². The molecular weight excluding hydrogens is 509 g/mol. The van der Waals surface area contributed by atoms with Gasteiger partial charge in [-0.25, -0.2) is 18.2 Å². The fourth-order valence-corrected chi connectivity index (χ4v) is 4.83. The maximum Gasteiger partial charge on any atom is 0.255 e. The lowest BCUT2D eigenvalue weighted by molar-refractivity contribution is -0.121. The van der Waals surface area contributed by atoms with Crippen LogP contribution in [-0.4, -0.2) is 45.6 Å². The first-order valence-electron chi connectivity index (χ1n) is 10.7. The number of aryl methyl sites for hydroxylation is 1. The van der Waals surface area contributed by atoms with E-state index in [9.17, 15) is 17.6 Å². The van der Waals surface area contributed by atoms with Crippen LogP contribution in [-0.2, 0) is 21.4 Å². The van der Waals surface area contributed by atoms with Gasteiger partial charge in [0, 0.05) is 28.8 Å². The SMILES string of the molecule is COc1ccc(/C=N\NC(=O)CN(Cc2c(F)cccc2Cl)S(=O)(=O)c2ccc(C)cc2)c(OC)c1. The molecule has 0 bridgehead atoms. The minimum atomic E-state index is -4.18. The molecule has 0 aliphatic heterocycles. The fourth-order valence-electron chi connectivity index (χ4n) is 3.24. The van der Waals surface area contributed by atoms with Crippen molar-refractivity contribution < 1.29 is 27.1 Å². The minimum Gasteiger partial charge on any atom is -0.497 e. The molecule has 0 atom stereocenters. The number of methoxy groups -OCH3 is 2. The Balaban J connectivity index is 1.84. The van der Waals surface area contributed by atoms with Gasteiger partial charge in [-0.2, -0.15) is 9.41 Å². The van der Waals surface area contributed by atoms with Crippen molar-refractivity contribution in [3.05, 3.63) is 88.2 Å². The Morgan fingerprint density at radius 3 is 2.47 bits per heavy atom. The molecule has 1 amide bonds. The average Bonchev–Trinajstić information content (AvgIpc) is 2.86.